The van der Waals surface area contributed by atoms with Crippen molar-refractivity contribution in [2.24, 2.45) is 7.05 Å². The largest absolute Gasteiger partial charge is 0.268 e. The van der Waals surface area contributed by atoms with Crippen LogP contribution in [-0.2, 0) is 20.0 Å². The van der Waals surface area contributed by atoms with Gasteiger partial charge in [-0.3, -0.25) is 9.36 Å². The monoisotopic (exact) mass is 328 g/mol. The van der Waals surface area contributed by atoms with Gasteiger partial charge in [-0.25, -0.2) is 0 Å². The Morgan fingerprint density at radius 3 is 2.84 bits per heavy atom. The lowest BCUT2D eigenvalue weighted by Crippen LogP contribution is -1.94. The van der Waals surface area contributed by atoms with Gasteiger partial charge >= 0.3 is 0 Å². The molecule has 4 heteroatoms. The average molecular weight is 328 g/mol. The second-order valence-corrected chi connectivity index (χ2v) is 6.91. The van der Waals surface area contributed by atoms with Gasteiger partial charge in [0.2, 0.25) is 0 Å². The van der Waals surface area contributed by atoms with Gasteiger partial charge in [-0.05, 0) is 37.5 Å². The van der Waals surface area contributed by atoms with E-state index in [1.807, 2.05) is 17.9 Å². The summed E-state index contributed by atoms with van der Waals surface area (Å²) < 4.78 is 4.13. The van der Waals surface area contributed by atoms with Crippen LogP contribution in [0.3, 0.4) is 0 Å². The number of benzene rings is 2. The van der Waals surface area contributed by atoms with E-state index in [1.54, 1.807) is 0 Å². The smallest absolute Gasteiger partial charge is 0.100 e. The van der Waals surface area contributed by atoms with Crippen LogP contribution in [0.2, 0.25) is 0 Å². The topological polar surface area (TPSA) is 35.6 Å². The summed E-state index contributed by atoms with van der Waals surface area (Å²) in [5.74, 6) is 0. The molecule has 2 aromatic heterocycles. The summed E-state index contributed by atoms with van der Waals surface area (Å²) in [5, 5.41) is 10.5. The van der Waals surface area contributed by atoms with Crippen LogP contribution in [0, 0.1) is 6.92 Å². The molecule has 1 aliphatic heterocycles. The average Bonchev–Trinajstić information content (AvgIpc) is 3.29. The minimum Gasteiger partial charge on any atom is -0.268 e. The lowest BCUT2D eigenvalue weighted by atomic mass is 9.96. The van der Waals surface area contributed by atoms with Crippen LogP contribution in [0.1, 0.15) is 17.7 Å². The van der Waals surface area contributed by atoms with Crippen LogP contribution in [0.25, 0.3) is 33.3 Å². The Labute approximate surface area is 146 Å². The molecule has 0 saturated carbocycles. The molecule has 3 heterocycles. The second-order valence-electron chi connectivity index (χ2n) is 6.91. The van der Waals surface area contributed by atoms with E-state index >= 15 is 0 Å². The molecule has 0 bridgehead atoms. The first-order valence-corrected chi connectivity index (χ1v) is 8.79. The summed E-state index contributed by atoms with van der Waals surface area (Å²) in [6.45, 7) is 3.15. The molecule has 4 nitrogen and oxygen atoms in total. The van der Waals surface area contributed by atoms with E-state index in [0.29, 0.717) is 0 Å². The van der Waals surface area contributed by atoms with Crippen LogP contribution in [0.15, 0.2) is 48.7 Å². The van der Waals surface area contributed by atoms with E-state index in [1.165, 1.54) is 39.8 Å². The quantitative estimate of drug-likeness (QED) is 0.548. The molecule has 0 amide bonds. The van der Waals surface area contributed by atoms with Gasteiger partial charge in [-0.15, -0.1) is 0 Å². The van der Waals surface area contributed by atoms with Crippen LogP contribution in [0.4, 0.5) is 0 Å². The second kappa shape index (κ2) is 5.31. The molecule has 5 rings (SSSR count). The molecular weight excluding hydrogens is 308 g/mol. The van der Waals surface area contributed by atoms with Crippen molar-refractivity contribution < 1.29 is 0 Å². The van der Waals surface area contributed by atoms with Gasteiger partial charge in [0.1, 0.15) is 5.69 Å². The first kappa shape index (κ1) is 14.5. The Morgan fingerprint density at radius 1 is 1.04 bits per heavy atom. The zero-order chi connectivity index (χ0) is 17.0. The third-order valence-electron chi connectivity index (χ3n) is 5.17. The molecule has 0 unspecified atom stereocenters. The van der Waals surface area contributed by atoms with Crippen molar-refractivity contribution in [1.29, 1.82) is 0 Å². The first-order valence-electron chi connectivity index (χ1n) is 8.79. The molecule has 0 aliphatic carbocycles. The number of nitrogens with zero attached hydrogens (tertiary/aromatic N) is 4. The maximum Gasteiger partial charge on any atom is 0.100 e. The van der Waals surface area contributed by atoms with E-state index in [-0.39, 0.29) is 0 Å². The van der Waals surface area contributed by atoms with Gasteiger partial charge in [-0.1, -0.05) is 35.9 Å². The number of aryl methyl sites for hydroxylation is 3. The number of aromatic nitrogens is 4. The molecule has 0 saturated heterocycles. The van der Waals surface area contributed by atoms with E-state index in [0.717, 1.165) is 24.2 Å². The summed E-state index contributed by atoms with van der Waals surface area (Å²) in [5.41, 5.74) is 8.59. The molecule has 0 N–H and O–H groups in total. The van der Waals surface area contributed by atoms with E-state index in [2.05, 4.69) is 59.2 Å². The number of hydrogen-bond donors (Lipinski definition) is 0. The zero-order valence-electron chi connectivity index (χ0n) is 14.5. The standard InChI is InChI=1S/C21H20N4/c1-14-5-3-6-16(11-14)21-20(18-7-4-10-25(18)23-21)15-8-9-17-13-22-24(2)19(17)12-15/h3,5-6,8-9,11-13H,4,7,10H2,1-2H3. The Balaban J connectivity index is 1.78. The van der Waals surface area contributed by atoms with Crippen LogP contribution in [-0.4, -0.2) is 19.6 Å². The van der Waals surface area contributed by atoms with Crippen LogP contribution >= 0.6 is 0 Å². The summed E-state index contributed by atoms with van der Waals surface area (Å²) in [4.78, 5) is 0. The van der Waals surface area contributed by atoms with Crippen LogP contribution < -0.4 is 0 Å². The van der Waals surface area contributed by atoms with Gasteiger partial charge in [0.15, 0.2) is 0 Å². The van der Waals surface area contributed by atoms with Crippen molar-refractivity contribution in [3.8, 4) is 22.4 Å². The maximum absolute atomic E-state index is 4.96. The van der Waals surface area contributed by atoms with Crippen molar-refractivity contribution >= 4 is 10.9 Å². The fraction of sp³-hybridized carbons (Fsp3) is 0.238. The Morgan fingerprint density at radius 2 is 1.96 bits per heavy atom. The molecule has 0 spiro atoms. The highest BCUT2D eigenvalue weighted by molar-refractivity contribution is 5.89. The van der Waals surface area contributed by atoms with Crippen molar-refractivity contribution in [2.75, 3.05) is 0 Å². The van der Waals surface area contributed by atoms with Crippen LogP contribution in [0.5, 0.6) is 0 Å². The van der Waals surface area contributed by atoms with Gasteiger partial charge in [0.25, 0.3) is 0 Å². The summed E-state index contributed by atoms with van der Waals surface area (Å²) in [6, 6.07) is 15.3. The number of fused-ring (bicyclic) bond motifs is 2. The highest BCUT2D eigenvalue weighted by Gasteiger charge is 2.24. The Bertz CT molecular complexity index is 1100. The highest BCUT2D eigenvalue weighted by Crippen LogP contribution is 2.38. The molecular formula is C21H20N4. The Kier molecular flexibility index (Phi) is 3.07. The van der Waals surface area contributed by atoms with Gasteiger partial charge in [0.05, 0.1) is 11.7 Å². The molecule has 0 fully saturated rings. The summed E-state index contributed by atoms with van der Waals surface area (Å²) in [7, 11) is 2.00. The lowest BCUT2D eigenvalue weighted by molar-refractivity contribution is 0.659. The first-order chi connectivity index (χ1) is 12.2. The fourth-order valence-corrected chi connectivity index (χ4v) is 3.93. The number of hydrogen-bond acceptors (Lipinski definition) is 2. The normalized spacial score (nSPS) is 13.5. The molecule has 2 aromatic carbocycles. The highest BCUT2D eigenvalue weighted by atomic mass is 15.3. The molecule has 124 valence electrons. The molecule has 0 radical (unpaired) electrons. The molecule has 0 atom stereocenters. The fourth-order valence-electron chi connectivity index (χ4n) is 3.93. The summed E-state index contributed by atoms with van der Waals surface area (Å²) >= 11 is 0. The van der Waals surface area contributed by atoms with E-state index in [9.17, 15) is 0 Å². The lowest BCUT2D eigenvalue weighted by Gasteiger charge is -2.07. The minimum atomic E-state index is 1.02. The summed E-state index contributed by atoms with van der Waals surface area (Å²) in [6.07, 6.45) is 4.19. The molecule has 1 aliphatic rings. The molecule has 4 aromatic rings. The van der Waals surface area contributed by atoms with Crippen molar-refractivity contribution in [3.63, 3.8) is 0 Å². The van der Waals surface area contributed by atoms with Crippen molar-refractivity contribution in [3.05, 3.63) is 59.9 Å². The minimum absolute atomic E-state index is 1.02. The zero-order valence-corrected chi connectivity index (χ0v) is 14.5. The predicted octanol–water partition coefficient (Wildman–Crippen LogP) is 4.36. The Hall–Kier alpha value is -2.88. The van der Waals surface area contributed by atoms with Gasteiger partial charge in [0, 0.05) is 35.8 Å². The van der Waals surface area contributed by atoms with Gasteiger partial charge < -0.3 is 0 Å². The maximum atomic E-state index is 4.96. The molecule has 25 heavy (non-hydrogen) atoms. The van der Waals surface area contributed by atoms with Crippen molar-refractivity contribution in [1.82, 2.24) is 19.6 Å². The van der Waals surface area contributed by atoms with Crippen molar-refractivity contribution in [2.45, 2.75) is 26.3 Å². The predicted molar refractivity (Wildman–Crippen MR) is 100 cm³/mol. The number of rotatable bonds is 2. The van der Waals surface area contributed by atoms with E-state index in [4.69, 9.17) is 5.10 Å². The third-order valence-corrected chi connectivity index (χ3v) is 5.17. The van der Waals surface area contributed by atoms with E-state index < -0.39 is 0 Å². The van der Waals surface area contributed by atoms with Gasteiger partial charge in [-0.2, -0.15) is 10.2 Å². The third kappa shape index (κ3) is 2.21. The SMILES string of the molecule is Cc1cccc(-c2nn3c(c2-c2ccc4cnn(C)c4c2)CCC3)c1.